The van der Waals surface area contributed by atoms with Crippen LogP contribution in [0.15, 0.2) is 47.4 Å². The first-order valence-electron chi connectivity index (χ1n) is 9.53. The number of carbonyl (C=O) groups excluding carboxylic acids is 1. The molecule has 1 N–H and O–H groups in total. The maximum absolute atomic E-state index is 13.4. The van der Waals surface area contributed by atoms with Gasteiger partial charge in [-0.15, -0.1) is 0 Å². The van der Waals surface area contributed by atoms with Crippen LogP contribution in [-0.2, 0) is 10.0 Å². The number of amides is 1. The molecule has 0 radical (unpaired) electrons. The normalized spacial score (nSPS) is 16.6. The molecule has 0 atom stereocenters. The van der Waals surface area contributed by atoms with Crippen molar-refractivity contribution in [1.82, 2.24) is 4.90 Å². The first kappa shape index (κ1) is 18.9. The van der Waals surface area contributed by atoms with Crippen molar-refractivity contribution in [3.8, 4) is 0 Å². The highest BCUT2D eigenvalue weighted by atomic mass is 32.2. The summed E-state index contributed by atoms with van der Waals surface area (Å²) in [6, 6.07) is 10.5. The third-order valence-corrected chi connectivity index (χ3v) is 6.60. The topological polar surface area (TPSA) is 66.5 Å². The van der Waals surface area contributed by atoms with Gasteiger partial charge in [-0.05, 0) is 86.6 Å². The number of hydrogen-bond acceptors (Lipinski definition) is 3. The monoisotopic (exact) mass is 402 g/mol. The molecule has 5 nitrogen and oxygen atoms in total. The minimum Gasteiger partial charge on any atom is -0.335 e. The highest BCUT2D eigenvalue weighted by molar-refractivity contribution is 7.92. The minimum absolute atomic E-state index is 0.00380. The molecule has 7 heteroatoms. The largest absolute Gasteiger partial charge is 0.335 e. The van der Waals surface area contributed by atoms with E-state index in [1.165, 1.54) is 31.9 Å². The molecule has 2 aliphatic carbocycles. The molecule has 2 saturated carbocycles. The van der Waals surface area contributed by atoms with Crippen molar-refractivity contribution in [3.63, 3.8) is 0 Å². The quantitative estimate of drug-likeness (QED) is 0.763. The molecule has 0 heterocycles. The smallest absolute Gasteiger partial charge is 0.261 e. The van der Waals surface area contributed by atoms with Crippen LogP contribution in [0.4, 0.5) is 10.1 Å². The van der Waals surface area contributed by atoms with Crippen LogP contribution in [-0.4, -0.2) is 31.8 Å². The summed E-state index contributed by atoms with van der Waals surface area (Å²) in [6.45, 7) is 2.34. The molecule has 4 rings (SSSR count). The lowest BCUT2D eigenvalue weighted by Crippen LogP contribution is -2.34. The van der Waals surface area contributed by atoms with Gasteiger partial charge in [0, 0.05) is 23.8 Å². The molecular weight excluding hydrogens is 379 g/mol. The van der Waals surface area contributed by atoms with Gasteiger partial charge in [-0.25, -0.2) is 12.8 Å². The van der Waals surface area contributed by atoms with E-state index in [9.17, 15) is 17.6 Å². The summed E-state index contributed by atoms with van der Waals surface area (Å²) in [4.78, 5) is 14.8. The van der Waals surface area contributed by atoms with Crippen molar-refractivity contribution >= 4 is 21.6 Å². The molecule has 2 fully saturated rings. The highest BCUT2D eigenvalue weighted by Crippen LogP contribution is 2.35. The second-order valence-corrected chi connectivity index (χ2v) is 9.41. The van der Waals surface area contributed by atoms with E-state index in [0.29, 0.717) is 23.2 Å². The van der Waals surface area contributed by atoms with E-state index < -0.39 is 15.8 Å². The summed E-state index contributed by atoms with van der Waals surface area (Å²) in [6.07, 6.45) is 4.51. The van der Waals surface area contributed by atoms with E-state index in [1.54, 1.807) is 24.3 Å². The number of hydrogen-bond donors (Lipinski definition) is 1. The van der Waals surface area contributed by atoms with E-state index in [1.807, 2.05) is 4.90 Å². The van der Waals surface area contributed by atoms with Gasteiger partial charge in [0.15, 0.2) is 0 Å². The number of benzene rings is 2. The average molecular weight is 402 g/mol. The fourth-order valence-electron chi connectivity index (χ4n) is 3.21. The number of nitrogens with zero attached hydrogens (tertiary/aromatic N) is 1. The summed E-state index contributed by atoms with van der Waals surface area (Å²) >= 11 is 0. The second kappa shape index (κ2) is 7.20. The number of aryl methyl sites for hydroxylation is 1. The van der Waals surface area contributed by atoms with Gasteiger partial charge in [0.05, 0.1) is 4.90 Å². The van der Waals surface area contributed by atoms with Gasteiger partial charge in [0.1, 0.15) is 5.82 Å². The summed E-state index contributed by atoms with van der Waals surface area (Å²) in [5.74, 6) is 0.195. The molecule has 0 unspecified atom stereocenters. The molecular formula is C21H23FN2O3S. The van der Waals surface area contributed by atoms with Gasteiger partial charge in [-0.2, -0.15) is 0 Å². The van der Waals surface area contributed by atoms with Gasteiger partial charge >= 0.3 is 0 Å². The molecule has 0 saturated heterocycles. The van der Waals surface area contributed by atoms with Crippen molar-refractivity contribution < 1.29 is 17.6 Å². The van der Waals surface area contributed by atoms with Crippen molar-refractivity contribution in [3.05, 3.63) is 59.4 Å². The first-order chi connectivity index (χ1) is 13.3. The Labute approximate surface area is 164 Å². The van der Waals surface area contributed by atoms with E-state index in [4.69, 9.17) is 0 Å². The van der Waals surface area contributed by atoms with Crippen molar-refractivity contribution in [2.75, 3.05) is 11.3 Å². The minimum atomic E-state index is -3.83. The van der Waals surface area contributed by atoms with Crippen molar-refractivity contribution in [2.24, 2.45) is 5.92 Å². The van der Waals surface area contributed by atoms with Gasteiger partial charge in [0.2, 0.25) is 0 Å². The zero-order valence-corrected chi connectivity index (χ0v) is 16.5. The highest BCUT2D eigenvalue weighted by Gasteiger charge is 2.36. The van der Waals surface area contributed by atoms with E-state index in [-0.39, 0.29) is 16.4 Å². The van der Waals surface area contributed by atoms with Crippen LogP contribution in [0.25, 0.3) is 0 Å². The lowest BCUT2D eigenvalue weighted by molar-refractivity contribution is 0.0735. The molecule has 0 aliphatic heterocycles. The molecule has 2 aromatic carbocycles. The predicted molar refractivity (Wildman–Crippen MR) is 105 cm³/mol. The van der Waals surface area contributed by atoms with Crippen LogP contribution >= 0.6 is 0 Å². The lowest BCUT2D eigenvalue weighted by atomic mass is 10.1. The van der Waals surface area contributed by atoms with Crippen LogP contribution in [0, 0.1) is 18.7 Å². The fourth-order valence-corrected chi connectivity index (χ4v) is 4.35. The van der Waals surface area contributed by atoms with Crippen LogP contribution in [0.5, 0.6) is 0 Å². The zero-order valence-electron chi connectivity index (χ0n) is 15.7. The Morgan fingerprint density at radius 1 is 1.11 bits per heavy atom. The number of anilines is 1. The number of carbonyl (C=O) groups is 1. The molecule has 28 heavy (non-hydrogen) atoms. The maximum Gasteiger partial charge on any atom is 0.261 e. The number of halogens is 1. The van der Waals surface area contributed by atoms with Crippen LogP contribution in [0.2, 0.25) is 0 Å². The Morgan fingerprint density at radius 2 is 1.79 bits per heavy atom. The Kier molecular flexibility index (Phi) is 4.87. The van der Waals surface area contributed by atoms with E-state index in [0.717, 1.165) is 25.5 Å². The predicted octanol–water partition coefficient (Wildman–Crippen LogP) is 3.95. The zero-order chi connectivity index (χ0) is 19.9. The fraction of sp³-hybridized carbons (Fsp3) is 0.381. The van der Waals surface area contributed by atoms with Crippen LogP contribution in [0.1, 0.15) is 41.6 Å². The van der Waals surface area contributed by atoms with Gasteiger partial charge in [-0.1, -0.05) is 0 Å². The average Bonchev–Trinajstić information content (AvgIpc) is 3.55. The molecule has 0 bridgehead atoms. The molecule has 2 aliphatic rings. The summed E-state index contributed by atoms with van der Waals surface area (Å²) < 4.78 is 40.9. The standard InChI is InChI=1S/C21H23FN2O3S/c1-14-12-19(10-11-20(14)22)28(26,27)23-17-6-4-16(5-7-17)21(25)24(18-8-9-18)13-15-2-3-15/h4-7,10-12,15,18,23H,2-3,8-9,13H2,1H3. The lowest BCUT2D eigenvalue weighted by Gasteiger charge is -2.22. The Hall–Kier alpha value is -2.41. The number of nitrogens with one attached hydrogen (secondary N) is 1. The molecule has 2 aromatic rings. The van der Waals surface area contributed by atoms with Gasteiger partial charge in [-0.3, -0.25) is 9.52 Å². The molecule has 1 amide bonds. The summed E-state index contributed by atoms with van der Waals surface area (Å²) in [7, 11) is -3.83. The Balaban J connectivity index is 1.47. The van der Waals surface area contributed by atoms with E-state index in [2.05, 4.69) is 4.72 Å². The van der Waals surface area contributed by atoms with Crippen LogP contribution < -0.4 is 4.72 Å². The number of sulfonamides is 1. The Morgan fingerprint density at radius 3 is 2.36 bits per heavy atom. The van der Waals surface area contributed by atoms with Gasteiger partial charge < -0.3 is 4.90 Å². The van der Waals surface area contributed by atoms with Crippen LogP contribution in [0.3, 0.4) is 0 Å². The first-order valence-corrected chi connectivity index (χ1v) is 11.0. The second-order valence-electron chi connectivity index (χ2n) is 7.73. The van der Waals surface area contributed by atoms with E-state index >= 15 is 0 Å². The van der Waals surface area contributed by atoms with Crippen molar-refractivity contribution in [1.29, 1.82) is 0 Å². The molecule has 0 spiro atoms. The molecule has 0 aromatic heterocycles. The van der Waals surface area contributed by atoms with Crippen molar-refractivity contribution in [2.45, 2.75) is 43.5 Å². The van der Waals surface area contributed by atoms with Gasteiger partial charge in [0.25, 0.3) is 15.9 Å². The third kappa shape index (κ3) is 4.19. The Bertz CT molecular complexity index is 997. The maximum atomic E-state index is 13.4. The SMILES string of the molecule is Cc1cc(S(=O)(=O)Nc2ccc(C(=O)N(CC3CC3)C3CC3)cc2)ccc1F. The summed E-state index contributed by atoms with van der Waals surface area (Å²) in [5.41, 5.74) is 1.19. The summed E-state index contributed by atoms with van der Waals surface area (Å²) in [5, 5.41) is 0. The third-order valence-electron chi connectivity index (χ3n) is 5.22. The molecule has 148 valence electrons. The number of rotatable bonds is 7.